The second-order valence-corrected chi connectivity index (χ2v) is 8.78. The molecule has 180 valence electrons. The molecule has 1 aliphatic carbocycles. The Morgan fingerprint density at radius 3 is 2.44 bits per heavy atom. The van der Waals surface area contributed by atoms with Crippen LogP contribution in [0.15, 0.2) is 47.3 Å². The average molecular weight is 483 g/mol. The molecule has 0 amide bonds. The Bertz CT molecular complexity index is 1260. The lowest BCUT2D eigenvalue weighted by molar-refractivity contribution is -0.151. The maximum Gasteiger partial charge on any atom is 0.316 e. The SMILES string of the molecule is CCOC(=O)C1(c2ccc3c(c2)nc(Cc2ccc(C(=N)N)cc2)c(=O)n3C)CCCCC1.Cl. The maximum absolute atomic E-state index is 13.0. The second kappa shape index (κ2) is 10.4. The van der Waals surface area contributed by atoms with Gasteiger partial charge in [0.05, 0.1) is 23.1 Å². The Morgan fingerprint density at radius 2 is 1.82 bits per heavy atom. The van der Waals surface area contributed by atoms with Gasteiger partial charge in [0.25, 0.3) is 5.56 Å². The standard InChI is InChI=1S/C26H30N4O3.ClH/c1-3-33-25(32)26(13-5-4-6-14-26)19-11-12-22-20(16-19)29-21(24(31)30(22)2)15-17-7-9-18(10-8-17)23(27)28;/h7-12,16H,3-6,13-15H2,1-2H3,(H3,27,28);1H. The van der Waals surface area contributed by atoms with E-state index >= 15 is 0 Å². The normalized spacial score (nSPS) is 14.9. The van der Waals surface area contributed by atoms with E-state index in [-0.39, 0.29) is 29.8 Å². The van der Waals surface area contributed by atoms with Gasteiger partial charge in [0.1, 0.15) is 11.5 Å². The first-order valence-corrected chi connectivity index (χ1v) is 11.5. The summed E-state index contributed by atoms with van der Waals surface area (Å²) in [6.45, 7) is 2.19. The molecule has 1 aromatic heterocycles. The van der Waals surface area contributed by atoms with Gasteiger partial charge in [-0.1, -0.05) is 49.6 Å². The van der Waals surface area contributed by atoms with Crippen molar-refractivity contribution in [3.8, 4) is 0 Å². The lowest BCUT2D eigenvalue weighted by Crippen LogP contribution is -2.39. The molecule has 4 rings (SSSR count). The fraction of sp³-hybridized carbons (Fsp3) is 0.385. The number of fused-ring (bicyclic) bond motifs is 1. The van der Waals surface area contributed by atoms with Crippen molar-refractivity contribution >= 4 is 35.2 Å². The van der Waals surface area contributed by atoms with Crippen molar-refractivity contribution in [2.24, 2.45) is 12.8 Å². The number of aryl methyl sites for hydroxylation is 1. The summed E-state index contributed by atoms with van der Waals surface area (Å²) < 4.78 is 7.10. The van der Waals surface area contributed by atoms with Gasteiger partial charge in [-0.25, -0.2) is 4.98 Å². The number of nitrogens with zero attached hydrogens (tertiary/aromatic N) is 2. The highest BCUT2D eigenvalue weighted by atomic mass is 35.5. The first kappa shape index (κ1) is 25.4. The summed E-state index contributed by atoms with van der Waals surface area (Å²) in [5.74, 6) is -0.160. The number of halogens is 1. The first-order chi connectivity index (χ1) is 15.9. The lowest BCUT2D eigenvalue weighted by atomic mass is 9.69. The van der Waals surface area contributed by atoms with Gasteiger partial charge in [0.15, 0.2) is 0 Å². The maximum atomic E-state index is 13.0. The van der Waals surface area contributed by atoms with E-state index in [4.69, 9.17) is 20.9 Å². The zero-order chi connectivity index (χ0) is 23.6. The molecule has 8 heteroatoms. The van der Waals surface area contributed by atoms with Crippen LogP contribution in [-0.4, -0.2) is 28.0 Å². The van der Waals surface area contributed by atoms with Gasteiger partial charge in [-0.3, -0.25) is 15.0 Å². The Balaban J connectivity index is 0.00000324. The van der Waals surface area contributed by atoms with E-state index in [0.29, 0.717) is 29.8 Å². The fourth-order valence-corrected chi connectivity index (χ4v) is 4.84. The molecular formula is C26H31ClN4O3. The summed E-state index contributed by atoms with van der Waals surface area (Å²) in [5, 5.41) is 7.54. The molecule has 0 spiro atoms. The molecule has 7 nitrogen and oxygen atoms in total. The Morgan fingerprint density at radius 1 is 1.15 bits per heavy atom. The number of amidine groups is 1. The van der Waals surface area contributed by atoms with Crippen LogP contribution in [0.1, 0.15) is 61.4 Å². The van der Waals surface area contributed by atoms with Crippen molar-refractivity contribution in [1.29, 1.82) is 5.41 Å². The van der Waals surface area contributed by atoms with Gasteiger partial charge >= 0.3 is 5.97 Å². The predicted octanol–water partition coefficient (Wildman–Crippen LogP) is 4.00. The monoisotopic (exact) mass is 482 g/mol. The molecular weight excluding hydrogens is 452 g/mol. The van der Waals surface area contributed by atoms with E-state index < -0.39 is 5.41 Å². The molecule has 0 saturated heterocycles. The highest BCUT2D eigenvalue weighted by Crippen LogP contribution is 2.41. The number of nitrogen functional groups attached to an aromatic ring is 1. The number of ether oxygens (including phenoxy) is 1. The molecule has 1 fully saturated rings. The third-order valence-corrected chi connectivity index (χ3v) is 6.71. The second-order valence-electron chi connectivity index (χ2n) is 8.78. The number of carbonyl (C=O) groups excluding carboxylic acids is 1. The molecule has 3 N–H and O–H groups in total. The molecule has 0 radical (unpaired) electrons. The van der Waals surface area contributed by atoms with E-state index in [2.05, 4.69) is 0 Å². The summed E-state index contributed by atoms with van der Waals surface area (Å²) in [4.78, 5) is 30.7. The van der Waals surface area contributed by atoms with Crippen molar-refractivity contribution < 1.29 is 9.53 Å². The molecule has 1 aliphatic rings. The molecule has 34 heavy (non-hydrogen) atoms. The van der Waals surface area contributed by atoms with Crippen LogP contribution in [0.5, 0.6) is 0 Å². The number of hydrogen-bond acceptors (Lipinski definition) is 5. The molecule has 0 aliphatic heterocycles. The van der Waals surface area contributed by atoms with Crippen LogP contribution in [0.4, 0.5) is 0 Å². The third kappa shape index (κ3) is 4.71. The minimum Gasteiger partial charge on any atom is -0.465 e. The van der Waals surface area contributed by atoms with Crippen LogP contribution < -0.4 is 11.3 Å². The number of nitrogens with one attached hydrogen (secondary N) is 1. The van der Waals surface area contributed by atoms with Crippen LogP contribution in [0.25, 0.3) is 11.0 Å². The van der Waals surface area contributed by atoms with Crippen LogP contribution in [0.2, 0.25) is 0 Å². The Kier molecular flexibility index (Phi) is 7.77. The third-order valence-electron chi connectivity index (χ3n) is 6.71. The van der Waals surface area contributed by atoms with Crippen LogP contribution >= 0.6 is 12.4 Å². The van der Waals surface area contributed by atoms with Gasteiger partial charge in [0, 0.05) is 19.0 Å². The highest BCUT2D eigenvalue weighted by Gasteiger charge is 2.42. The zero-order valence-electron chi connectivity index (χ0n) is 19.6. The number of nitrogens with two attached hydrogens (primary N) is 1. The van der Waals surface area contributed by atoms with Gasteiger partial charge in [-0.05, 0) is 43.0 Å². The van der Waals surface area contributed by atoms with Crippen molar-refractivity contribution in [1.82, 2.24) is 9.55 Å². The summed E-state index contributed by atoms with van der Waals surface area (Å²) in [6.07, 6.45) is 4.98. The molecule has 2 aromatic carbocycles. The largest absolute Gasteiger partial charge is 0.465 e. The van der Waals surface area contributed by atoms with E-state index in [1.807, 2.05) is 37.3 Å². The molecule has 1 heterocycles. The average Bonchev–Trinajstić information content (AvgIpc) is 2.83. The highest BCUT2D eigenvalue weighted by molar-refractivity contribution is 5.94. The Labute approximate surface area is 205 Å². The van der Waals surface area contributed by atoms with Crippen molar-refractivity contribution in [2.45, 2.75) is 50.9 Å². The lowest BCUT2D eigenvalue weighted by Gasteiger charge is -2.35. The molecule has 0 atom stereocenters. The number of aromatic nitrogens is 2. The van der Waals surface area contributed by atoms with Crippen molar-refractivity contribution in [3.63, 3.8) is 0 Å². The van der Waals surface area contributed by atoms with Crippen LogP contribution in [-0.2, 0) is 28.4 Å². The number of rotatable bonds is 6. The van der Waals surface area contributed by atoms with Crippen molar-refractivity contribution in [2.75, 3.05) is 6.61 Å². The minimum absolute atomic E-state index is 0. The first-order valence-electron chi connectivity index (χ1n) is 11.5. The van der Waals surface area contributed by atoms with Gasteiger partial charge < -0.3 is 15.0 Å². The number of esters is 1. The number of hydrogen-bond donors (Lipinski definition) is 2. The van der Waals surface area contributed by atoms with E-state index in [1.54, 1.807) is 23.7 Å². The molecule has 3 aromatic rings. The molecule has 0 bridgehead atoms. The van der Waals surface area contributed by atoms with E-state index in [1.165, 1.54) is 0 Å². The molecule has 0 unspecified atom stereocenters. The summed E-state index contributed by atoms with van der Waals surface area (Å²) in [7, 11) is 1.75. The summed E-state index contributed by atoms with van der Waals surface area (Å²) in [5.41, 5.74) is 9.06. The molecule has 1 saturated carbocycles. The number of benzene rings is 2. The van der Waals surface area contributed by atoms with Gasteiger partial charge in [-0.2, -0.15) is 0 Å². The van der Waals surface area contributed by atoms with E-state index in [9.17, 15) is 9.59 Å². The van der Waals surface area contributed by atoms with Gasteiger partial charge in [0.2, 0.25) is 0 Å². The summed E-state index contributed by atoms with van der Waals surface area (Å²) >= 11 is 0. The van der Waals surface area contributed by atoms with Gasteiger partial charge in [-0.15, -0.1) is 12.4 Å². The number of carbonyl (C=O) groups is 1. The fourth-order valence-electron chi connectivity index (χ4n) is 4.84. The zero-order valence-corrected chi connectivity index (χ0v) is 20.4. The predicted molar refractivity (Wildman–Crippen MR) is 136 cm³/mol. The van der Waals surface area contributed by atoms with Crippen molar-refractivity contribution in [3.05, 3.63) is 75.2 Å². The van der Waals surface area contributed by atoms with Crippen LogP contribution in [0.3, 0.4) is 0 Å². The minimum atomic E-state index is -0.651. The van der Waals surface area contributed by atoms with E-state index in [0.717, 1.165) is 48.7 Å². The Hall–Kier alpha value is -3.19. The quantitative estimate of drug-likeness (QED) is 0.313. The van der Waals surface area contributed by atoms with Crippen LogP contribution in [0, 0.1) is 5.41 Å². The topological polar surface area (TPSA) is 111 Å². The smallest absolute Gasteiger partial charge is 0.316 e. The summed E-state index contributed by atoms with van der Waals surface area (Å²) in [6, 6.07) is 13.1.